The summed E-state index contributed by atoms with van der Waals surface area (Å²) in [7, 11) is 0. The van der Waals surface area contributed by atoms with E-state index in [0.717, 1.165) is 6.42 Å². The van der Waals surface area contributed by atoms with Gasteiger partial charge in [0, 0.05) is 27.6 Å². The maximum Gasteiger partial charge on any atom is 0.338 e. The van der Waals surface area contributed by atoms with E-state index in [4.69, 9.17) is 27.9 Å². The van der Waals surface area contributed by atoms with Gasteiger partial charge in [-0.25, -0.2) is 4.79 Å². The second-order valence-electron chi connectivity index (χ2n) is 9.75. The first kappa shape index (κ1) is 27.2. The minimum absolute atomic E-state index is 0.0508. The molecule has 33 heavy (non-hydrogen) atoms. The second kappa shape index (κ2) is 11.9. The molecule has 2 aromatic rings. The molecule has 0 saturated heterocycles. The molecule has 0 heterocycles. The fourth-order valence-corrected chi connectivity index (χ4v) is 4.70. The molecule has 0 radical (unpaired) electrons. The lowest BCUT2D eigenvalue weighted by Crippen LogP contribution is -2.53. The SMILES string of the molecule is CC(C)CC(CNC(=O)c1ccc(Cl)cc1)(C(C)C)C(OC(=O)c1ccc(Cl)cc1)C(C)C. The Balaban J connectivity index is 2.35. The van der Waals surface area contributed by atoms with Crippen LogP contribution in [0.15, 0.2) is 48.5 Å². The van der Waals surface area contributed by atoms with Crippen LogP contribution in [0.1, 0.15) is 68.7 Å². The molecule has 0 saturated carbocycles. The fraction of sp³-hybridized carbons (Fsp3) is 0.481. The van der Waals surface area contributed by atoms with Crippen molar-refractivity contribution in [2.75, 3.05) is 6.54 Å². The standard InChI is InChI=1S/C27H35Cl2NO3/c1-17(2)15-27(19(5)6,16-30-25(31)20-7-11-22(28)12-8-20)24(18(3)4)33-26(32)21-9-13-23(29)14-10-21/h7-14,17-19,24H,15-16H2,1-6H3,(H,30,31). The average molecular weight is 492 g/mol. The molecule has 1 N–H and O–H groups in total. The predicted molar refractivity (Wildman–Crippen MR) is 136 cm³/mol. The van der Waals surface area contributed by atoms with Crippen LogP contribution in [-0.2, 0) is 4.74 Å². The molecule has 0 aliphatic rings. The second-order valence-corrected chi connectivity index (χ2v) is 10.6. The molecule has 0 bridgehead atoms. The summed E-state index contributed by atoms with van der Waals surface area (Å²) in [4.78, 5) is 26.0. The third-order valence-corrected chi connectivity index (χ3v) is 6.61. The Kier molecular flexibility index (Phi) is 9.81. The molecule has 2 aromatic carbocycles. The lowest BCUT2D eigenvalue weighted by molar-refractivity contribution is -0.0689. The zero-order valence-corrected chi connectivity index (χ0v) is 21.8. The van der Waals surface area contributed by atoms with Crippen molar-refractivity contribution in [2.45, 2.75) is 54.1 Å². The van der Waals surface area contributed by atoms with Crippen LogP contribution >= 0.6 is 23.2 Å². The van der Waals surface area contributed by atoms with Crippen LogP contribution in [0, 0.1) is 23.2 Å². The van der Waals surface area contributed by atoms with Crippen LogP contribution in [0.25, 0.3) is 0 Å². The molecule has 0 fully saturated rings. The van der Waals surface area contributed by atoms with Crippen molar-refractivity contribution in [2.24, 2.45) is 23.2 Å². The Bertz CT molecular complexity index is 923. The number of rotatable bonds is 10. The molecule has 180 valence electrons. The van der Waals surface area contributed by atoms with Gasteiger partial charge in [0.25, 0.3) is 5.91 Å². The normalized spacial score (nSPS) is 14.3. The largest absolute Gasteiger partial charge is 0.458 e. The smallest absolute Gasteiger partial charge is 0.338 e. The predicted octanol–water partition coefficient (Wildman–Crippen LogP) is 7.29. The molecule has 1 amide bonds. The number of benzene rings is 2. The van der Waals surface area contributed by atoms with E-state index in [2.05, 4.69) is 46.9 Å². The first-order chi connectivity index (χ1) is 15.5. The van der Waals surface area contributed by atoms with Gasteiger partial charge < -0.3 is 10.1 Å². The van der Waals surface area contributed by atoms with Gasteiger partial charge >= 0.3 is 5.97 Å². The number of hydrogen-bond acceptors (Lipinski definition) is 3. The van der Waals surface area contributed by atoms with Gasteiger partial charge in [-0.3, -0.25) is 4.79 Å². The Hall–Kier alpha value is -2.04. The lowest BCUT2D eigenvalue weighted by Gasteiger charge is -2.46. The third-order valence-electron chi connectivity index (χ3n) is 6.11. The Morgan fingerprint density at radius 3 is 1.76 bits per heavy atom. The maximum atomic E-state index is 13.1. The number of carbonyl (C=O) groups is 2. The summed E-state index contributed by atoms with van der Waals surface area (Å²) in [5.41, 5.74) is 0.547. The maximum absolute atomic E-state index is 13.1. The Labute approximate surface area is 208 Å². The monoisotopic (exact) mass is 491 g/mol. The third kappa shape index (κ3) is 7.22. The minimum atomic E-state index is -0.452. The highest BCUT2D eigenvalue weighted by atomic mass is 35.5. The summed E-state index contributed by atoms with van der Waals surface area (Å²) in [6, 6.07) is 13.5. The number of halogens is 2. The topological polar surface area (TPSA) is 55.4 Å². The average Bonchev–Trinajstić information content (AvgIpc) is 2.75. The van der Waals surface area contributed by atoms with Gasteiger partial charge in [-0.05, 0) is 72.7 Å². The van der Waals surface area contributed by atoms with Crippen molar-refractivity contribution >= 4 is 35.1 Å². The quantitative estimate of drug-likeness (QED) is 0.354. The van der Waals surface area contributed by atoms with Crippen LogP contribution in [0.2, 0.25) is 10.0 Å². The highest BCUT2D eigenvalue weighted by Gasteiger charge is 2.46. The Morgan fingerprint density at radius 1 is 0.848 bits per heavy atom. The zero-order valence-electron chi connectivity index (χ0n) is 20.3. The first-order valence-corrected chi connectivity index (χ1v) is 12.2. The van der Waals surface area contributed by atoms with E-state index in [1.165, 1.54) is 0 Å². The summed E-state index contributed by atoms with van der Waals surface area (Å²) in [5.74, 6) is -0.0175. The van der Waals surface area contributed by atoms with Gasteiger partial charge in [-0.2, -0.15) is 0 Å². The van der Waals surface area contributed by atoms with Crippen LogP contribution in [0.5, 0.6) is 0 Å². The highest BCUT2D eigenvalue weighted by Crippen LogP contribution is 2.42. The van der Waals surface area contributed by atoms with Crippen molar-refractivity contribution in [3.63, 3.8) is 0 Å². The summed E-state index contributed by atoms with van der Waals surface area (Å²) < 4.78 is 6.17. The molecular formula is C27H35Cl2NO3. The highest BCUT2D eigenvalue weighted by molar-refractivity contribution is 6.31. The van der Waals surface area contributed by atoms with E-state index in [0.29, 0.717) is 33.6 Å². The minimum Gasteiger partial charge on any atom is -0.458 e. The molecule has 0 spiro atoms. The van der Waals surface area contributed by atoms with Gasteiger partial charge in [0.1, 0.15) is 6.10 Å². The molecule has 0 aliphatic heterocycles. The van der Waals surface area contributed by atoms with Crippen molar-refractivity contribution in [1.82, 2.24) is 5.32 Å². The van der Waals surface area contributed by atoms with Crippen LogP contribution in [0.4, 0.5) is 0 Å². The molecule has 2 unspecified atom stereocenters. The molecular weight excluding hydrogens is 457 g/mol. The summed E-state index contributed by atoms with van der Waals surface area (Å²) >= 11 is 11.9. The van der Waals surface area contributed by atoms with Gasteiger partial charge in [0.2, 0.25) is 0 Å². The van der Waals surface area contributed by atoms with Gasteiger partial charge in [-0.15, -0.1) is 0 Å². The first-order valence-electron chi connectivity index (χ1n) is 11.5. The lowest BCUT2D eigenvalue weighted by atomic mass is 9.65. The van der Waals surface area contributed by atoms with Gasteiger partial charge in [0.05, 0.1) is 5.56 Å². The molecule has 2 rings (SSSR count). The number of amides is 1. The van der Waals surface area contributed by atoms with E-state index in [1.54, 1.807) is 48.5 Å². The molecule has 0 aliphatic carbocycles. The molecule has 0 aromatic heterocycles. The summed E-state index contributed by atoms with van der Waals surface area (Å²) in [6.07, 6.45) is 0.399. The van der Waals surface area contributed by atoms with Crippen molar-refractivity contribution in [3.05, 3.63) is 69.7 Å². The Morgan fingerprint density at radius 2 is 1.33 bits per heavy atom. The summed E-state index contributed by atoms with van der Waals surface area (Å²) in [6.45, 7) is 13.1. The van der Waals surface area contributed by atoms with Crippen LogP contribution in [0.3, 0.4) is 0 Å². The van der Waals surface area contributed by atoms with E-state index in [1.807, 2.05) is 0 Å². The van der Waals surface area contributed by atoms with E-state index in [9.17, 15) is 9.59 Å². The van der Waals surface area contributed by atoms with Gasteiger partial charge in [0.15, 0.2) is 0 Å². The van der Waals surface area contributed by atoms with Crippen LogP contribution < -0.4 is 5.32 Å². The number of carbonyl (C=O) groups excluding carboxylic acids is 2. The van der Waals surface area contributed by atoms with Gasteiger partial charge in [-0.1, -0.05) is 64.7 Å². The number of nitrogens with one attached hydrogen (secondary N) is 1. The van der Waals surface area contributed by atoms with E-state index in [-0.39, 0.29) is 23.7 Å². The number of hydrogen-bond donors (Lipinski definition) is 1. The van der Waals surface area contributed by atoms with Crippen molar-refractivity contribution < 1.29 is 14.3 Å². The molecule has 4 nitrogen and oxygen atoms in total. The zero-order chi connectivity index (χ0) is 24.8. The van der Waals surface area contributed by atoms with Crippen molar-refractivity contribution in [3.8, 4) is 0 Å². The summed E-state index contributed by atoms with van der Waals surface area (Å²) in [5, 5.41) is 4.25. The molecule has 2 atom stereocenters. The number of esters is 1. The fourth-order valence-electron chi connectivity index (χ4n) is 4.45. The number of ether oxygens (including phenoxy) is 1. The molecule has 6 heteroatoms. The van der Waals surface area contributed by atoms with Crippen molar-refractivity contribution in [1.29, 1.82) is 0 Å². The van der Waals surface area contributed by atoms with E-state index < -0.39 is 11.5 Å². The van der Waals surface area contributed by atoms with E-state index >= 15 is 0 Å². The van der Waals surface area contributed by atoms with Crippen LogP contribution in [-0.4, -0.2) is 24.5 Å².